The molecule has 11 nitrogen and oxygen atoms in total. The number of aliphatic hydroxyl groups is 1. The van der Waals surface area contributed by atoms with E-state index in [2.05, 4.69) is 15.1 Å². The fourth-order valence-electron chi connectivity index (χ4n) is 6.16. The number of hydrogen-bond donors (Lipinski definition) is 2. The maximum Gasteiger partial charge on any atom is 0.420 e. The van der Waals surface area contributed by atoms with E-state index in [1.54, 1.807) is 0 Å². The highest BCUT2D eigenvalue weighted by molar-refractivity contribution is 6.00. The molecule has 0 radical (unpaired) electrons. The largest absolute Gasteiger partial charge is 0.460 e. The molecule has 3 aliphatic rings. The SMILES string of the molecule is CC(C)(C)OC(=O)CC1(O)CCN(CC2CCN(c3ccc4c(c3)oc(=O)n4C3CCC(=O)NC3=O)CC2)CC1. The molecule has 11 heteroatoms. The summed E-state index contributed by atoms with van der Waals surface area (Å²) in [6.07, 6.45) is 3.68. The summed E-state index contributed by atoms with van der Waals surface area (Å²) in [7, 11) is 0. The maximum absolute atomic E-state index is 12.6. The minimum Gasteiger partial charge on any atom is -0.460 e. The molecular weight excluding hydrogens is 516 g/mol. The first-order valence-electron chi connectivity index (χ1n) is 14.3. The lowest BCUT2D eigenvalue weighted by Crippen LogP contribution is -2.48. The van der Waals surface area contributed by atoms with Gasteiger partial charge in [0.2, 0.25) is 11.8 Å². The first kappa shape index (κ1) is 28.4. The van der Waals surface area contributed by atoms with Crippen LogP contribution in [0.25, 0.3) is 11.1 Å². The lowest BCUT2D eigenvalue weighted by atomic mass is 9.87. The number of carbonyl (C=O) groups excluding carboxylic acids is 3. The van der Waals surface area contributed by atoms with E-state index in [-0.39, 0.29) is 31.1 Å². The average Bonchev–Trinajstić information content (AvgIpc) is 3.19. The molecule has 1 aromatic carbocycles. The van der Waals surface area contributed by atoms with Crippen LogP contribution < -0.4 is 16.0 Å². The van der Waals surface area contributed by atoms with Crippen molar-refractivity contribution < 1.29 is 28.6 Å². The summed E-state index contributed by atoms with van der Waals surface area (Å²) in [6, 6.07) is 4.87. The molecule has 0 aliphatic carbocycles. The fraction of sp³-hybridized carbons (Fsp3) is 0.655. The van der Waals surface area contributed by atoms with E-state index in [4.69, 9.17) is 9.15 Å². The summed E-state index contributed by atoms with van der Waals surface area (Å²) >= 11 is 0. The molecule has 4 heterocycles. The summed E-state index contributed by atoms with van der Waals surface area (Å²) in [5.74, 6) is -1.20. The van der Waals surface area contributed by atoms with E-state index in [9.17, 15) is 24.3 Å². The highest BCUT2D eigenvalue weighted by Crippen LogP contribution is 2.31. The molecular formula is C29H40N4O7. The molecule has 2 aromatic rings. The van der Waals surface area contributed by atoms with Crippen molar-refractivity contribution in [2.24, 2.45) is 5.92 Å². The first-order valence-corrected chi connectivity index (χ1v) is 14.3. The number of fused-ring (bicyclic) bond motifs is 1. The van der Waals surface area contributed by atoms with Crippen molar-refractivity contribution >= 4 is 34.6 Å². The van der Waals surface area contributed by atoms with Crippen LogP contribution in [-0.4, -0.2) is 76.3 Å². The lowest BCUT2D eigenvalue weighted by Gasteiger charge is -2.41. The summed E-state index contributed by atoms with van der Waals surface area (Å²) in [5, 5.41) is 13.2. The van der Waals surface area contributed by atoms with Gasteiger partial charge in [-0.05, 0) is 70.9 Å². The van der Waals surface area contributed by atoms with Crippen LogP contribution in [-0.2, 0) is 19.1 Å². The Morgan fingerprint density at radius 3 is 2.45 bits per heavy atom. The number of esters is 1. The van der Waals surface area contributed by atoms with Gasteiger partial charge in [0.25, 0.3) is 0 Å². The number of likely N-dealkylation sites (tertiary alicyclic amines) is 1. The van der Waals surface area contributed by atoms with Crippen LogP contribution in [0.3, 0.4) is 0 Å². The van der Waals surface area contributed by atoms with E-state index in [1.165, 1.54) is 4.57 Å². The zero-order valence-corrected chi connectivity index (χ0v) is 23.6. The Balaban J connectivity index is 1.13. The van der Waals surface area contributed by atoms with E-state index < -0.39 is 28.9 Å². The molecule has 1 unspecified atom stereocenters. The van der Waals surface area contributed by atoms with Crippen LogP contribution >= 0.6 is 0 Å². The van der Waals surface area contributed by atoms with E-state index >= 15 is 0 Å². The maximum atomic E-state index is 12.6. The quantitative estimate of drug-likeness (QED) is 0.406. The third-order valence-electron chi connectivity index (χ3n) is 8.29. The van der Waals surface area contributed by atoms with Crippen molar-refractivity contribution in [2.45, 2.75) is 83.0 Å². The van der Waals surface area contributed by atoms with E-state index in [0.29, 0.717) is 29.9 Å². The number of ether oxygens (including phenoxy) is 1. The number of benzene rings is 1. The van der Waals surface area contributed by atoms with Crippen molar-refractivity contribution in [1.82, 2.24) is 14.8 Å². The van der Waals surface area contributed by atoms with Gasteiger partial charge >= 0.3 is 11.7 Å². The molecule has 2 amide bonds. The minimum absolute atomic E-state index is 0.0396. The Kier molecular flexibility index (Phi) is 7.80. The van der Waals surface area contributed by atoms with Crippen molar-refractivity contribution in [1.29, 1.82) is 0 Å². The first-order chi connectivity index (χ1) is 18.9. The van der Waals surface area contributed by atoms with Gasteiger partial charge in [-0.1, -0.05) is 0 Å². The molecule has 1 aromatic heterocycles. The summed E-state index contributed by atoms with van der Waals surface area (Å²) in [4.78, 5) is 53.3. The van der Waals surface area contributed by atoms with Crippen LogP contribution in [0.4, 0.5) is 5.69 Å². The molecule has 218 valence electrons. The molecule has 2 N–H and O–H groups in total. The fourth-order valence-corrected chi connectivity index (χ4v) is 6.16. The molecule has 5 rings (SSSR count). The average molecular weight is 557 g/mol. The molecule has 3 aliphatic heterocycles. The standard InChI is InChI=1S/C29H40N4O7/c1-28(2,3)40-25(35)17-29(38)10-14-31(15-11-29)18-19-8-12-32(13-9-19)20-4-5-21-23(16-20)39-27(37)33(21)22-6-7-24(34)30-26(22)36/h4-5,16,19,22,38H,6-15,17-18H2,1-3H3,(H,30,34,36). The van der Waals surface area contributed by atoms with Crippen molar-refractivity contribution in [3.05, 3.63) is 28.7 Å². The van der Waals surface area contributed by atoms with Crippen molar-refractivity contribution in [3.8, 4) is 0 Å². The highest BCUT2D eigenvalue weighted by Gasteiger charge is 2.37. The molecule has 0 saturated carbocycles. The monoisotopic (exact) mass is 556 g/mol. The molecule has 0 bridgehead atoms. The van der Waals surface area contributed by atoms with Gasteiger partial charge < -0.3 is 24.1 Å². The third kappa shape index (κ3) is 6.41. The number of imide groups is 1. The van der Waals surface area contributed by atoms with E-state index in [1.807, 2.05) is 39.0 Å². The number of oxazole rings is 1. The molecule has 40 heavy (non-hydrogen) atoms. The van der Waals surface area contributed by atoms with Crippen LogP contribution in [0.5, 0.6) is 0 Å². The number of piperidine rings is 3. The predicted octanol–water partition coefficient (Wildman–Crippen LogP) is 2.35. The Morgan fingerprint density at radius 2 is 1.80 bits per heavy atom. The lowest BCUT2D eigenvalue weighted by molar-refractivity contribution is -0.162. The highest BCUT2D eigenvalue weighted by atomic mass is 16.6. The summed E-state index contributed by atoms with van der Waals surface area (Å²) in [6.45, 7) is 9.76. The van der Waals surface area contributed by atoms with Crippen molar-refractivity contribution in [3.63, 3.8) is 0 Å². The Morgan fingerprint density at radius 1 is 1.10 bits per heavy atom. The van der Waals surface area contributed by atoms with Crippen LogP contribution in [0.15, 0.2) is 27.4 Å². The van der Waals surface area contributed by atoms with Gasteiger partial charge in [-0.25, -0.2) is 4.79 Å². The Hall–Kier alpha value is -3.18. The second-order valence-corrected chi connectivity index (χ2v) is 12.6. The van der Waals surface area contributed by atoms with Crippen molar-refractivity contribution in [2.75, 3.05) is 37.6 Å². The number of anilines is 1. The van der Waals surface area contributed by atoms with Gasteiger partial charge in [0, 0.05) is 50.9 Å². The van der Waals surface area contributed by atoms with Gasteiger partial charge in [0.05, 0.1) is 17.5 Å². The topological polar surface area (TPSA) is 134 Å². The van der Waals surface area contributed by atoms with Gasteiger partial charge in [-0.15, -0.1) is 0 Å². The van der Waals surface area contributed by atoms with E-state index in [0.717, 1.165) is 51.3 Å². The van der Waals surface area contributed by atoms with Crippen LogP contribution in [0.2, 0.25) is 0 Å². The number of nitrogens with zero attached hydrogens (tertiary/aromatic N) is 3. The van der Waals surface area contributed by atoms with Gasteiger partial charge in [-0.2, -0.15) is 0 Å². The molecule has 0 spiro atoms. The summed E-state index contributed by atoms with van der Waals surface area (Å²) < 4.78 is 12.3. The second kappa shape index (κ2) is 11.0. The molecule has 1 atom stereocenters. The zero-order valence-electron chi connectivity index (χ0n) is 23.6. The van der Waals surface area contributed by atoms with Gasteiger partial charge in [-0.3, -0.25) is 24.3 Å². The summed E-state index contributed by atoms with van der Waals surface area (Å²) in [5.41, 5.74) is 0.410. The number of nitrogens with one attached hydrogen (secondary N) is 1. The van der Waals surface area contributed by atoms with Crippen LogP contribution in [0, 0.1) is 5.92 Å². The second-order valence-electron chi connectivity index (χ2n) is 12.6. The normalized spacial score (nSPS) is 22.9. The molecule has 3 fully saturated rings. The van der Waals surface area contributed by atoms with Gasteiger partial charge in [0.1, 0.15) is 11.6 Å². The number of amides is 2. The number of hydrogen-bond acceptors (Lipinski definition) is 9. The zero-order chi connectivity index (χ0) is 28.7. The number of carbonyl (C=O) groups is 3. The van der Waals surface area contributed by atoms with Crippen LogP contribution in [0.1, 0.15) is 71.8 Å². The Labute approximate surface area is 233 Å². The van der Waals surface area contributed by atoms with Gasteiger partial charge in [0.15, 0.2) is 5.58 Å². The third-order valence-corrected chi connectivity index (χ3v) is 8.29. The smallest absolute Gasteiger partial charge is 0.420 e. The number of aromatic nitrogens is 1. The predicted molar refractivity (Wildman–Crippen MR) is 148 cm³/mol. The Bertz CT molecular complexity index is 1320. The minimum atomic E-state index is -0.993. The number of rotatable bonds is 6. The molecule has 3 saturated heterocycles.